The summed E-state index contributed by atoms with van der Waals surface area (Å²) in [7, 11) is 0. The number of likely N-dealkylation sites (tertiary alicyclic amines) is 1. The van der Waals surface area contributed by atoms with Crippen molar-refractivity contribution in [2.45, 2.75) is 57.9 Å². The molecule has 1 heterocycles. The van der Waals surface area contributed by atoms with Crippen molar-refractivity contribution >= 4 is 0 Å². The van der Waals surface area contributed by atoms with Crippen molar-refractivity contribution < 1.29 is 0 Å². The quantitative estimate of drug-likeness (QED) is 0.798. The molecule has 2 heteroatoms. The van der Waals surface area contributed by atoms with Crippen LogP contribution in [0.1, 0.15) is 51.9 Å². The molecule has 2 rings (SSSR count). The maximum atomic E-state index is 5.69. The zero-order valence-corrected chi connectivity index (χ0v) is 10.8. The molecule has 1 saturated heterocycles. The van der Waals surface area contributed by atoms with Gasteiger partial charge in [0.2, 0.25) is 0 Å². The predicted octanol–water partition coefficient (Wildman–Crippen LogP) is 2.63. The Morgan fingerprint density at radius 3 is 2.69 bits per heavy atom. The topological polar surface area (TPSA) is 29.3 Å². The average Bonchev–Trinajstić information content (AvgIpc) is 2.30. The first kappa shape index (κ1) is 12.4. The van der Waals surface area contributed by atoms with Crippen molar-refractivity contribution in [3.8, 4) is 0 Å². The summed E-state index contributed by atoms with van der Waals surface area (Å²) in [5.41, 5.74) is 5.69. The Hall–Kier alpha value is -0.0800. The fourth-order valence-corrected chi connectivity index (χ4v) is 3.71. The molecule has 0 amide bonds. The van der Waals surface area contributed by atoms with Crippen LogP contribution in [0.5, 0.6) is 0 Å². The molecule has 1 aliphatic carbocycles. The Morgan fingerprint density at radius 1 is 1.12 bits per heavy atom. The summed E-state index contributed by atoms with van der Waals surface area (Å²) < 4.78 is 0. The van der Waals surface area contributed by atoms with Crippen LogP contribution < -0.4 is 5.73 Å². The van der Waals surface area contributed by atoms with Crippen molar-refractivity contribution in [1.82, 2.24) is 4.90 Å². The number of nitrogens with zero attached hydrogens (tertiary/aromatic N) is 1. The molecule has 94 valence electrons. The molecule has 0 aromatic rings. The summed E-state index contributed by atoms with van der Waals surface area (Å²) in [6.07, 6.45) is 9.84. The van der Waals surface area contributed by atoms with Gasteiger partial charge in [0.05, 0.1) is 0 Å². The SMILES string of the molecule is CC1CCCCC1N1CCCC(CCN)C1. The predicted molar refractivity (Wildman–Crippen MR) is 69.4 cm³/mol. The first-order valence-electron chi connectivity index (χ1n) is 7.25. The van der Waals surface area contributed by atoms with Gasteiger partial charge in [0.25, 0.3) is 0 Å². The Labute approximate surface area is 101 Å². The number of hydrogen-bond donors (Lipinski definition) is 1. The molecule has 0 aromatic heterocycles. The van der Waals surface area contributed by atoms with Crippen LogP contribution in [0.3, 0.4) is 0 Å². The Morgan fingerprint density at radius 2 is 1.94 bits per heavy atom. The molecule has 2 N–H and O–H groups in total. The highest BCUT2D eigenvalue weighted by Gasteiger charge is 2.30. The Balaban J connectivity index is 1.87. The van der Waals surface area contributed by atoms with Crippen LogP contribution in [-0.2, 0) is 0 Å². The Kier molecular flexibility index (Phi) is 4.66. The molecule has 1 aliphatic heterocycles. The van der Waals surface area contributed by atoms with Crippen molar-refractivity contribution in [2.75, 3.05) is 19.6 Å². The summed E-state index contributed by atoms with van der Waals surface area (Å²) in [4.78, 5) is 2.79. The first-order valence-corrected chi connectivity index (χ1v) is 7.25. The van der Waals surface area contributed by atoms with Crippen LogP contribution in [0.4, 0.5) is 0 Å². The molecule has 3 atom stereocenters. The number of nitrogens with two attached hydrogens (primary N) is 1. The zero-order valence-electron chi connectivity index (χ0n) is 10.8. The monoisotopic (exact) mass is 224 g/mol. The highest BCUT2D eigenvalue weighted by atomic mass is 15.2. The van der Waals surface area contributed by atoms with Gasteiger partial charge in [0.1, 0.15) is 0 Å². The van der Waals surface area contributed by atoms with Crippen molar-refractivity contribution in [1.29, 1.82) is 0 Å². The molecule has 1 saturated carbocycles. The number of piperidine rings is 1. The lowest BCUT2D eigenvalue weighted by atomic mass is 9.83. The van der Waals surface area contributed by atoms with Gasteiger partial charge < -0.3 is 5.73 Å². The second-order valence-corrected chi connectivity index (χ2v) is 5.91. The van der Waals surface area contributed by atoms with E-state index in [4.69, 9.17) is 5.73 Å². The van der Waals surface area contributed by atoms with E-state index in [1.807, 2.05) is 0 Å². The van der Waals surface area contributed by atoms with Gasteiger partial charge in [-0.25, -0.2) is 0 Å². The lowest BCUT2D eigenvalue weighted by Crippen LogP contribution is -2.47. The van der Waals surface area contributed by atoms with Gasteiger partial charge in [-0.1, -0.05) is 19.8 Å². The van der Waals surface area contributed by atoms with E-state index in [0.29, 0.717) is 0 Å². The highest BCUT2D eigenvalue weighted by molar-refractivity contribution is 4.84. The second kappa shape index (κ2) is 6.02. The van der Waals surface area contributed by atoms with Gasteiger partial charge in [-0.05, 0) is 57.0 Å². The highest BCUT2D eigenvalue weighted by Crippen LogP contribution is 2.31. The van der Waals surface area contributed by atoms with Gasteiger partial charge in [-0.3, -0.25) is 4.90 Å². The van der Waals surface area contributed by atoms with E-state index >= 15 is 0 Å². The lowest BCUT2D eigenvalue weighted by molar-refractivity contribution is 0.0660. The van der Waals surface area contributed by atoms with Crippen LogP contribution in [0.15, 0.2) is 0 Å². The molecule has 2 aliphatic rings. The molecule has 2 nitrogen and oxygen atoms in total. The zero-order chi connectivity index (χ0) is 11.4. The lowest BCUT2D eigenvalue weighted by Gasteiger charge is -2.43. The average molecular weight is 224 g/mol. The third-order valence-corrected chi connectivity index (χ3v) is 4.66. The Bertz CT molecular complexity index is 203. The maximum absolute atomic E-state index is 5.69. The van der Waals surface area contributed by atoms with E-state index in [2.05, 4.69) is 11.8 Å². The molecule has 0 bridgehead atoms. The molecule has 0 aromatic carbocycles. The van der Waals surface area contributed by atoms with Crippen molar-refractivity contribution in [3.63, 3.8) is 0 Å². The van der Waals surface area contributed by atoms with Gasteiger partial charge in [0, 0.05) is 12.6 Å². The first-order chi connectivity index (χ1) is 7.81. The van der Waals surface area contributed by atoms with E-state index in [1.54, 1.807) is 0 Å². The molecular weight excluding hydrogens is 196 g/mol. The minimum atomic E-state index is 0.874. The summed E-state index contributed by atoms with van der Waals surface area (Å²) in [5, 5.41) is 0. The van der Waals surface area contributed by atoms with E-state index in [1.165, 1.54) is 58.0 Å². The fourth-order valence-electron chi connectivity index (χ4n) is 3.71. The van der Waals surface area contributed by atoms with Crippen LogP contribution >= 0.6 is 0 Å². The molecular formula is C14H28N2. The molecule has 3 unspecified atom stereocenters. The normalized spacial score (nSPS) is 37.5. The summed E-state index contributed by atoms with van der Waals surface area (Å²) in [6.45, 7) is 6.00. The van der Waals surface area contributed by atoms with Gasteiger partial charge in [0.15, 0.2) is 0 Å². The minimum Gasteiger partial charge on any atom is -0.330 e. The van der Waals surface area contributed by atoms with Crippen LogP contribution in [-0.4, -0.2) is 30.6 Å². The molecule has 16 heavy (non-hydrogen) atoms. The summed E-state index contributed by atoms with van der Waals surface area (Å²) in [5.74, 6) is 1.80. The molecule has 0 radical (unpaired) electrons. The third kappa shape index (κ3) is 2.98. The van der Waals surface area contributed by atoms with Gasteiger partial charge in [-0.2, -0.15) is 0 Å². The third-order valence-electron chi connectivity index (χ3n) is 4.66. The van der Waals surface area contributed by atoms with E-state index in [0.717, 1.165) is 24.4 Å². The summed E-state index contributed by atoms with van der Waals surface area (Å²) >= 11 is 0. The fraction of sp³-hybridized carbons (Fsp3) is 1.00. The number of rotatable bonds is 3. The van der Waals surface area contributed by atoms with E-state index in [9.17, 15) is 0 Å². The maximum Gasteiger partial charge on any atom is 0.0121 e. The van der Waals surface area contributed by atoms with E-state index in [-0.39, 0.29) is 0 Å². The second-order valence-electron chi connectivity index (χ2n) is 5.91. The van der Waals surface area contributed by atoms with Gasteiger partial charge in [-0.15, -0.1) is 0 Å². The van der Waals surface area contributed by atoms with Crippen LogP contribution in [0.2, 0.25) is 0 Å². The largest absolute Gasteiger partial charge is 0.330 e. The molecule has 0 spiro atoms. The smallest absolute Gasteiger partial charge is 0.0121 e. The van der Waals surface area contributed by atoms with Crippen molar-refractivity contribution in [2.24, 2.45) is 17.6 Å². The summed E-state index contributed by atoms with van der Waals surface area (Å²) in [6, 6.07) is 0.884. The standard InChI is InChI=1S/C14H28N2/c1-12-5-2-3-7-14(12)16-10-4-6-13(11-16)8-9-15/h12-14H,2-11,15H2,1H3. The van der Waals surface area contributed by atoms with Crippen molar-refractivity contribution in [3.05, 3.63) is 0 Å². The molecule has 2 fully saturated rings. The van der Waals surface area contributed by atoms with Gasteiger partial charge >= 0.3 is 0 Å². The van der Waals surface area contributed by atoms with E-state index < -0.39 is 0 Å². The van der Waals surface area contributed by atoms with Crippen LogP contribution in [0.25, 0.3) is 0 Å². The number of hydrogen-bond acceptors (Lipinski definition) is 2. The minimum absolute atomic E-state index is 0.874. The van der Waals surface area contributed by atoms with Crippen LogP contribution in [0, 0.1) is 11.8 Å².